The van der Waals surface area contributed by atoms with Crippen LogP contribution in [0.15, 0.2) is 34.1 Å². The smallest absolute Gasteiger partial charge is 0.267 e. The van der Waals surface area contributed by atoms with Gasteiger partial charge in [0.25, 0.3) is 10.0 Å². The molecule has 0 spiro atoms. The number of anilines is 1. The lowest BCUT2D eigenvalue weighted by Gasteiger charge is -2.11. The molecule has 124 valence electrons. The molecular weight excluding hydrogens is 361 g/mol. The quantitative estimate of drug-likeness (QED) is 0.385. The highest BCUT2D eigenvalue weighted by Crippen LogP contribution is 2.28. The van der Waals surface area contributed by atoms with E-state index in [9.17, 15) is 30.4 Å². The van der Waals surface area contributed by atoms with Crippen molar-refractivity contribution < 1.29 is 30.4 Å². The Morgan fingerprint density at radius 2 is 1.26 bits per heavy atom. The molecule has 23 heavy (non-hydrogen) atoms. The third-order valence-electron chi connectivity index (χ3n) is 2.78. The van der Waals surface area contributed by atoms with E-state index in [-0.39, 0.29) is 5.69 Å². The summed E-state index contributed by atoms with van der Waals surface area (Å²) in [5.74, 6) is -11.9. The van der Waals surface area contributed by atoms with Gasteiger partial charge in [-0.15, -0.1) is 11.8 Å². The van der Waals surface area contributed by atoms with Gasteiger partial charge in [0.15, 0.2) is 28.2 Å². The second kappa shape index (κ2) is 6.36. The molecule has 0 fully saturated rings. The second-order valence-electron chi connectivity index (χ2n) is 4.23. The fraction of sp³-hybridized carbons (Fsp3) is 0.0769. The molecule has 0 atom stereocenters. The van der Waals surface area contributed by atoms with Crippen LogP contribution in [0.25, 0.3) is 0 Å². The van der Waals surface area contributed by atoms with Crippen molar-refractivity contribution in [3.05, 3.63) is 53.4 Å². The third-order valence-corrected chi connectivity index (χ3v) is 4.92. The van der Waals surface area contributed by atoms with Gasteiger partial charge in [-0.25, -0.2) is 30.4 Å². The Kier molecular flexibility index (Phi) is 4.85. The molecule has 0 radical (unpaired) electrons. The molecule has 0 unspecified atom stereocenters. The van der Waals surface area contributed by atoms with Crippen molar-refractivity contribution >= 4 is 27.5 Å². The summed E-state index contributed by atoms with van der Waals surface area (Å²) in [6.45, 7) is 0. The molecule has 0 aromatic heterocycles. The van der Waals surface area contributed by atoms with Crippen LogP contribution in [-0.4, -0.2) is 14.7 Å². The van der Waals surface area contributed by atoms with E-state index < -0.39 is 44.0 Å². The van der Waals surface area contributed by atoms with Crippen LogP contribution in [0.3, 0.4) is 0 Å². The minimum Gasteiger partial charge on any atom is -0.279 e. The van der Waals surface area contributed by atoms with Gasteiger partial charge in [-0.1, -0.05) is 0 Å². The second-order valence-corrected chi connectivity index (χ2v) is 6.73. The molecule has 1 N–H and O–H groups in total. The van der Waals surface area contributed by atoms with Crippen molar-refractivity contribution in [3.63, 3.8) is 0 Å². The molecule has 0 bridgehead atoms. The molecule has 0 amide bonds. The van der Waals surface area contributed by atoms with Crippen molar-refractivity contribution in [2.45, 2.75) is 9.79 Å². The number of nitrogens with one attached hydrogen (secondary N) is 1. The molecule has 10 heteroatoms. The van der Waals surface area contributed by atoms with Crippen molar-refractivity contribution in [2.24, 2.45) is 0 Å². The van der Waals surface area contributed by atoms with Crippen LogP contribution in [0, 0.1) is 29.1 Å². The minimum absolute atomic E-state index is 0.0910. The molecular formula is C13H8F5NO2S2. The fourth-order valence-electron chi connectivity index (χ4n) is 1.69. The van der Waals surface area contributed by atoms with Crippen LogP contribution in [0.5, 0.6) is 0 Å². The number of hydrogen-bond acceptors (Lipinski definition) is 3. The normalized spacial score (nSPS) is 11.6. The Bertz CT molecular complexity index is 825. The summed E-state index contributed by atoms with van der Waals surface area (Å²) < 4.78 is 92.0. The first-order chi connectivity index (χ1) is 10.7. The van der Waals surface area contributed by atoms with E-state index in [0.29, 0.717) is 0 Å². The van der Waals surface area contributed by atoms with Gasteiger partial charge in [0.05, 0.1) is 0 Å². The summed E-state index contributed by atoms with van der Waals surface area (Å²) in [4.78, 5) is -1.15. The standard InChI is InChI=1S/C13H8F5NO2S2/c1-22-7-4-2-6(3-5-7)19-23(20,21)13-11(17)9(15)8(14)10(16)12(13)18/h2-5,19H,1H3. The molecule has 3 nitrogen and oxygen atoms in total. The van der Waals surface area contributed by atoms with Crippen molar-refractivity contribution in [2.75, 3.05) is 11.0 Å². The van der Waals surface area contributed by atoms with Crippen LogP contribution in [0.1, 0.15) is 0 Å². The van der Waals surface area contributed by atoms with E-state index in [1.54, 1.807) is 11.0 Å². The molecule has 0 heterocycles. The fourth-order valence-corrected chi connectivity index (χ4v) is 3.29. The first kappa shape index (κ1) is 17.5. The number of hydrogen-bond donors (Lipinski definition) is 1. The Balaban J connectivity index is 2.51. The van der Waals surface area contributed by atoms with Crippen LogP contribution in [0.2, 0.25) is 0 Å². The van der Waals surface area contributed by atoms with Gasteiger partial charge in [0.1, 0.15) is 0 Å². The summed E-state index contributed by atoms with van der Waals surface area (Å²) >= 11 is 1.36. The Hall–Kier alpha value is -1.81. The van der Waals surface area contributed by atoms with Gasteiger partial charge in [-0.2, -0.15) is 0 Å². The number of benzene rings is 2. The minimum atomic E-state index is -5.01. The van der Waals surface area contributed by atoms with Crippen LogP contribution in [0.4, 0.5) is 27.6 Å². The predicted octanol–water partition coefficient (Wildman–Crippen LogP) is 3.90. The average Bonchev–Trinajstić information content (AvgIpc) is 2.51. The first-order valence-corrected chi connectivity index (χ1v) is 8.58. The average molecular weight is 369 g/mol. The van der Waals surface area contributed by atoms with E-state index in [4.69, 9.17) is 0 Å². The lowest BCUT2D eigenvalue weighted by molar-refractivity contribution is 0.358. The summed E-state index contributed by atoms with van der Waals surface area (Å²) in [6, 6.07) is 5.60. The highest BCUT2D eigenvalue weighted by Gasteiger charge is 2.33. The molecule has 0 aliphatic heterocycles. The molecule has 2 rings (SSSR count). The molecule has 0 saturated carbocycles. The lowest BCUT2D eigenvalue weighted by atomic mass is 10.3. The van der Waals surface area contributed by atoms with E-state index in [1.807, 2.05) is 0 Å². The number of thioether (sulfide) groups is 1. The summed E-state index contributed by atoms with van der Waals surface area (Å²) in [7, 11) is -5.01. The van der Waals surface area contributed by atoms with Gasteiger partial charge in [0, 0.05) is 10.6 Å². The predicted molar refractivity (Wildman–Crippen MR) is 75.3 cm³/mol. The van der Waals surface area contributed by atoms with E-state index in [0.717, 1.165) is 4.90 Å². The Labute approximate surface area is 132 Å². The van der Waals surface area contributed by atoms with Gasteiger partial charge in [0.2, 0.25) is 5.82 Å². The van der Waals surface area contributed by atoms with Gasteiger partial charge >= 0.3 is 0 Å². The first-order valence-electron chi connectivity index (χ1n) is 5.87. The van der Waals surface area contributed by atoms with E-state index in [1.165, 1.54) is 36.0 Å². The van der Waals surface area contributed by atoms with E-state index >= 15 is 0 Å². The van der Waals surface area contributed by atoms with E-state index in [2.05, 4.69) is 0 Å². The van der Waals surface area contributed by atoms with Crippen LogP contribution >= 0.6 is 11.8 Å². The Morgan fingerprint density at radius 1 is 0.826 bits per heavy atom. The van der Waals surface area contributed by atoms with Gasteiger partial charge < -0.3 is 0 Å². The van der Waals surface area contributed by atoms with Gasteiger partial charge in [-0.05, 0) is 30.5 Å². The largest absolute Gasteiger partial charge is 0.279 e. The Morgan fingerprint density at radius 3 is 1.70 bits per heavy atom. The third kappa shape index (κ3) is 3.27. The monoisotopic (exact) mass is 369 g/mol. The van der Waals surface area contributed by atoms with Crippen molar-refractivity contribution in [3.8, 4) is 0 Å². The van der Waals surface area contributed by atoms with Crippen LogP contribution < -0.4 is 4.72 Å². The number of sulfonamides is 1. The maximum atomic E-state index is 13.6. The summed E-state index contributed by atoms with van der Waals surface area (Å²) in [6.07, 6.45) is 1.77. The van der Waals surface area contributed by atoms with Gasteiger partial charge in [-0.3, -0.25) is 4.72 Å². The SMILES string of the molecule is CSc1ccc(NS(=O)(=O)c2c(F)c(F)c(F)c(F)c2F)cc1. The molecule has 0 aliphatic rings. The lowest BCUT2D eigenvalue weighted by Crippen LogP contribution is -2.19. The number of rotatable bonds is 4. The zero-order chi connectivity index (χ0) is 17.4. The number of halogens is 5. The summed E-state index contributed by atoms with van der Waals surface area (Å²) in [5, 5.41) is 0. The topological polar surface area (TPSA) is 46.2 Å². The summed E-state index contributed by atoms with van der Waals surface area (Å²) in [5.41, 5.74) is -0.0910. The molecule has 0 aliphatic carbocycles. The highest BCUT2D eigenvalue weighted by molar-refractivity contribution is 7.98. The van der Waals surface area contributed by atoms with Crippen molar-refractivity contribution in [1.82, 2.24) is 0 Å². The van der Waals surface area contributed by atoms with Crippen LogP contribution in [-0.2, 0) is 10.0 Å². The van der Waals surface area contributed by atoms with Crippen molar-refractivity contribution in [1.29, 1.82) is 0 Å². The maximum absolute atomic E-state index is 13.6. The maximum Gasteiger partial charge on any atom is 0.267 e. The zero-order valence-corrected chi connectivity index (χ0v) is 13.0. The highest BCUT2D eigenvalue weighted by atomic mass is 32.2. The zero-order valence-electron chi connectivity index (χ0n) is 11.3. The molecule has 2 aromatic rings. The molecule has 0 saturated heterocycles. The molecule has 2 aromatic carbocycles.